The molecule has 0 spiro atoms. The van der Waals surface area contributed by atoms with Crippen molar-refractivity contribution in [1.82, 2.24) is 35.1 Å². The van der Waals surface area contributed by atoms with Gasteiger partial charge in [-0.2, -0.15) is 0 Å². The average Bonchev–Trinajstić information content (AvgIpc) is 3.92. The van der Waals surface area contributed by atoms with Crippen LogP contribution >= 0.6 is 0 Å². The largest absolute Gasteiger partial charge is 0.464 e. The van der Waals surface area contributed by atoms with Crippen molar-refractivity contribution < 1.29 is 38.2 Å². The number of nitrogens with zero attached hydrogens (tertiary/aromatic N) is 5. The van der Waals surface area contributed by atoms with Crippen molar-refractivity contribution in [1.29, 1.82) is 0 Å². The third kappa shape index (κ3) is 10.2. The highest BCUT2D eigenvalue weighted by molar-refractivity contribution is 5.95. The van der Waals surface area contributed by atoms with E-state index in [2.05, 4.69) is 66.9 Å². The van der Waals surface area contributed by atoms with Crippen LogP contribution in [-0.4, -0.2) is 125 Å². The van der Waals surface area contributed by atoms with Crippen LogP contribution in [0.25, 0.3) is 22.2 Å². The number of fused-ring (bicyclic) bond motifs is 6. The number of amides is 4. The number of carbonyl (C=O) groups excluding carboxylic acids is 5. The molecule has 4 aliphatic heterocycles. The molecule has 15 heteroatoms. The summed E-state index contributed by atoms with van der Waals surface area (Å²) in [6.45, 7) is 18.1. The molecule has 2 N–H and O–H groups in total. The Balaban J connectivity index is 1.24. The van der Waals surface area contributed by atoms with Gasteiger partial charge in [0.2, 0.25) is 17.7 Å². The summed E-state index contributed by atoms with van der Waals surface area (Å²) in [6.07, 6.45) is 6.16. The van der Waals surface area contributed by atoms with Gasteiger partial charge in [0.05, 0.1) is 36.1 Å². The van der Waals surface area contributed by atoms with Gasteiger partial charge in [-0.15, -0.1) is 0 Å². The highest BCUT2D eigenvalue weighted by Gasteiger charge is 2.41. The molecular weight excluding hydrogens is 827 g/mol. The maximum Gasteiger partial charge on any atom is 0.324 e. The molecule has 2 aromatic heterocycles. The second kappa shape index (κ2) is 20.2. The molecule has 7 atom stereocenters. The number of carbonyl (C=O) groups is 5. The number of esters is 1. The van der Waals surface area contributed by atoms with Gasteiger partial charge in [-0.1, -0.05) is 40.3 Å². The number of benzene rings is 1. The first kappa shape index (κ1) is 47.8. The Morgan fingerprint density at radius 2 is 1.89 bits per heavy atom. The highest BCUT2D eigenvalue weighted by atomic mass is 16.5. The Bertz CT molecular complexity index is 2270. The zero-order chi connectivity index (χ0) is 46.7. The van der Waals surface area contributed by atoms with Crippen molar-refractivity contribution >= 4 is 40.5 Å². The van der Waals surface area contributed by atoms with E-state index < -0.39 is 41.3 Å². The van der Waals surface area contributed by atoms with Gasteiger partial charge in [-0.3, -0.25) is 34.0 Å². The average molecular weight is 896 g/mol. The minimum atomic E-state index is -1.03. The Labute approximate surface area is 383 Å². The lowest BCUT2D eigenvalue weighted by Crippen LogP contribution is -2.62. The number of likely N-dealkylation sites (tertiary alicyclic amines) is 1. The number of hydrogen-bond acceptors (Lipinski definition) is 10. The van der Waals surface area contributed by atoms with E-state index in [4.69, 9.17) is 19.2 Å². The zero-order valence-corrected chi connectivity index (χ0v) is 39.6. The summed E-state index contributed by atoms with van der Waals surface area (Å²) in [5, 5.41) is 5.65. The second-order valence-electron chi connectivity index (χ2n) is 19.5. The molecule has 352 valence electrons. The van der Waals surface area contributed by atoms with Crippen LogP contribution in [0.4, 0.5) is 0 Å². The van der Waals surface area contributed by atoms with Crippen LogP contribution in [0, 0.1) is 17.3 Å². The lowest BCUT2D eigenvalue weighted by molar-refractivity contribution is -0.156. The number of pyridine rings is 1. The predicted octanol–water partition coefficient (Wildman–Crippen LogP) is 5.71. The Morgan fingerprint density at radius 1 is 1.11 bits per heavy atom. The van der Waals surface area contributed by atoms with Crippen LogP contribution in [-0.2, 0) is 51.1 Å². The van der Waals surface area contributed by atoms with E-state index in [0.29, 0.717) is 51.8 Å². The number of ether oxygens (including phenoxy) is 3. The molecule has 15 nitrogen and oxygen atoms in total. The van der Waals surface area contributed by atoms with Crippen molar-refractivity contribution in [2.24, 2.45) is 17.3 Å². The molecule has 4 amide bonds. The second-order valence-corrected chi connectivity index (χ2v) is 19.5. The molecule has 3 fully saturated rings. The minimum absolute atomic E-state index is 0.116. The van der Waals surface area contributed by atoms with Crippen LogP contribution in [0.2, 0.25) is 0 Å². The van der Waals surface area contributed by atoms with E-state index in [1.165, 1.54) is 21.5 Å². The first-order chi connectivity index (χ1) is 31.0. The monoisotopic (exact) mass is 896 g/mol. The van der Waals surface area contributed by atoms with Gasteiger partial charge in [0.1, 0.15) is 18.1 Å². The van der Waals surface area contributed by atoms with Gasteiger partial charge in [0.15, 0.2) is 0 Å². The van der Waals surface area contributed by atoms with Crippen molar-refractivity contribution in [2.45, 2.75) is 129 Å². The van der Waals surface area contributed by atoms with Crippen LogP contribution in [0.5, 0.6) is 0 Å². The number of nitrogens with one attached hydrogen (secondary N) is 2. The summed E-state index contributed by atoms with van der Waals surface area (Å²) in [7, 11) is 3.31. The normalized spacial score (nSPS) is 24.8. The van der Waals surface area contributed by atoms with E-state index in [1.807, 2.05) is 26.8 Å². The number of hydrazine groups is 1. The molecular formula is C50H69N7O8. The van der Waals surface area contributed by atoms with Crippen molar-refractivity contribution in [3.63, 3.8) is 0 Å². The molecule has 0 radical (unpaired) electrons. The van der Waals surface area contributed by atoms with Gasteiger partial charge < -0.3 is 33.9 Å². The van der Waals surface area contributed by atoms with E-state index in [1.54, 1.807) is 25.3 Å². The molecule has 65 heavy (non-hydrogen) atoms. The maximum absolute atomic E-state index is 14.7. The fourth-order valence-electron chi connectivity index (χ4n) is 10.5. The van der Waals surface area contributed by atoms with Gasteiger partial charge in [0.25, 0.3) is 5.91 Å². The molecule has 7 rings (SSSR count). The molecule has 3 saturated heterocycles. The molecule has 0 saturated carbocycles. The fraction of sp³-hybridized carbons (Fsp3) is 0.600. The maximum atomic E-state index is 14.7. The number of rotatable bonds is 10. The zero-order valence-electron chi connectivity index (χ0n) is 39.6. The molecule has 4 aliphatic rings. The number of likely N-dealkylation sites (N-methyl/N-ethyl adjacent to an activating group) is 1. The summed E-state index contributed by atoms with van der Waals surface area (Å²) in [5.41, 5.74) is 9.03. The van der Waals surface area contributed by atoms with E-state index in [0.717, 1.165) is 46.4 Å². The summed E-state index contributed by atoms with van der Waals surface area (Å²) < 4.78 is 20.7. The predicted molar refractivity (Wildman–Crippen MR) is 247 cm³/mol. The Kier molecular flexibility index (Phi) is 14.8. The smallest absolute Gasteiger partial charge is 0.324 e. The summed E-state index contributed by atoms with van der Waals surface area (Å²) >= 11 is 0. The summed E-state index contributed by atoms with van der Waals surface area (Å²) in [5.74, 6) is -2.39. The fourth-order valence-corrected chi connectivity index (χ4v) is 10.5. The minimum Gasteiger partial charge on any atom is -0.464 e. The van der Waals surface area contributed by atoms with Gasteiger partial charge >= 0.3 is 5.97 Å². The summed E-state index contributed by atoms with van der Waals surface area (Å²) in [6, 6.07) is 8.13. The first-order valence-electron chi connectivity index (χ1n) is 23.5. The standard InChI is InChI=1S/C50H69N7O8/c1-10-42(58)55-22-18-34(28-55)47(60)54(8)44(30(3)4)46(59)52-40-26-35-24-33(19-23-64-35)32-16-17-41-37(25-32)38(45(56(41)11-2)36-14-12-20-51-43(36)31(5)63-9)27-50(6,7)29-65-49(62)39-15-13-21-57(53-39)48(40)61/h10,12,14,16-17,20,25,30-31,33-35,39-40,44,53H,1,11,13,15,18-19,21-24,26-29H2,2-9H3,(H,52,59)/t31-,33?,34-,35-,39-,40?,44-/m0/s1. The van der Waals surface area contributed by atoms with Gasteiger partial charge in [-0.25, -0.2) is 5.43 Å². The number of cyclic esters (lactones) is 1. The van der Waals surface area contributed by atoms with E-state index >= 15 is 0 Å². The SMILES string of the molecule is C=CC(=O)N1CC[C@H](C(=O)N(C)[C@H](C(=O)NC2C[C@@H]3CC(CCO3)c3ccc4c(c3)c(c(-c3cccnc3[C@H](C)OC)n4CC)CC(C)(C)COC(=O)[C@@H]3CCCN(N3)C2=O)C(C)C)C1. The quantitative estimate of drug-likeness (QED) is 0.191. The molecule has 6 bridgehead atoms. The lowest BCUT2D eigenvalue weighted by atomic mass is 9.82. The van der Waals surface area contributed by atoms with Crippen LogP contribution in [0.1, 0.15) is 109 Å². The van der Waals surface area contributed by atoms with Crippen LogP contribution in [0.15, 0.2) is 49.2 Å². The van der Waals surface area contributed by atoms with Crippen molar-refractivity contribution in [3.05, 3.63) is 66.0 Å². The Morgan fingerprint density at radius 3 is 2.62 bits per heavy atom. The number of hydrogen-bond donors (Lipinski definition) is 2. The van der Waals surface area contributed by atoms with Crippen LogP contribution < -0.4 is 10.7 Å². The first-order valence-corrected chi connectivity index (χ1v) is 23.5. The number of methoxy groups -OCH3 is 1. The van der Waals surface area contributed by atoms with Crippen molar-refractivity contribution in [2.75, 3.05) is 47.0 Å². The van der Waals surface area contributed by atoms with Crippen molar-refractivity contribution in [3.8, 4) is 11.3 Å². The van der Waals surface area contributed by atoms with Crippen LogP contribution in [0.3, 0.4) is 0 Å². The number of aryl methyl sites for hydroxylation is 1. The third-order valence-corrected chi connectivity index (χ3v) is 14.0. The van der Waals surface area contributed by atoms with Gasteiger partial charge in [0, 0.05) is 81.4 Å². The molecule has 2 unspecified atom stereocenters. The van der Waals surface area contributed by atoms with E-state index in [9.17, 15) is 24.0 Å². The highest BCUT2D eigenvalue weighted by Crippen LogP contribution is 2.43. The molecule has 6 heterocycles. The molecule has 0 aliphatic carbocycles. The van der Waals surface area contributed by atoms with E-state index in [-0.39, 0.29) is 61.3 Å². The Hall–Kier alpha value is -5.12. The molecule has 3 aromatic rings. The summed E-state index contributed by atoms with van der Waals surface area (Å²) in [4.78, 5) is 77.2. The lowest BCUT2D eigenvalue weighted by Gasteiger charge is -2.38. The topological polar surface area (TPSA) is 165 Å². The molecule has 1 aromatic carbocycles. The van der Waals surface area contributed by atoms with Gasteiger partial charge in [-0.05, 0) is 106 Å². The number of aromatic nitrogens is 2. The third-order valence-electron chi connectivity index (χ3n) is 14.0.